The van der Waals surface area contributed by atoms with Crippen LogP contribution in [0.5, 0.6) is 0 Å². The summed E-state index contributed by atoms with van der Waals surface area (Å²) in [6.45, 7) is -0.0384. The summed E-state index contributed by atoms with van der Waals surface area (Å²) in [5.41, 5.74) is 0. The quantitative estimate of drug-likeness (QED) is 0.662. The average molecular weight is 262 g/mol. The van der Waals surface area contributed by atoms with Crippen molar-refractivity contribution in [1.29, 1.82) is 0 Å². The van der Waals surface area contributed by atoms with Gasteiger partial charge in [0.15, 0.2) is 6.04 Å². The van der Waals surface area contributed by atoms with E-state index in [1.165, 1.54) is 7.11 Å². The van der Waals surface area contributed by atoms with E-state index < -0.39 is 18.0 Å². The Morgan fingerprint density at radius 2 is 2.12 bits per heavy atom. The standard InChI is InChI=1S/C10H18N2O4S/c1-16-6-8(9(13)14)12-10(15)11-7-2-4-17-5-3-7/h7-8H,2-6H2,1H3,(H,13,14)(H2,11,12,15). The van der Waals surface area contributed by atoms with E-state index in [1.807, 2.05) is 11.8 Å². The van der Waals surface area contributed by atoms with E-state index in [4.69, 9.17) is 9.84 Å². The molecule has 0 saturated carbocycles. The number of carbonyl (C=O) groups is 2. The SMILES string of the molecule is COCC(NC(=O)NC1CCSCC1)C(=O)O. The zero-order valence-corrected chi connectivity index (χ0v) is 10.6. The lowest BCUT2D eigenvalue weighted by Crippen LogP contribution is -2.51. The molecule has 0 aromatic heterocycles. The highest BCUT2D eigenvalue weighted by molar-refractivity contribution is 7.99. The molecule has 0 aromatic carbocycles. The topological polar surface area (TPSA) is 87.7 Å². The van der Waals surface area contributed by atoms with E-state index in [0.29, 0.717) is 0 Å². The van der Waals surface area contributed by atoms with Crippen LogP contribution in [0.15, 0.2) is 0 Å². The van der Waals surface area contributed by atoms with E-state index in [1.54, 1.807) is 0 Å². The molecular weight excluding hydrogens is 244 g/mol. The zero-order valence-electron chi connectivity index (χ0n) is 9.77. The molecule has 2 amide bonds. The molecule has 1 unspecified atom stereocenters. The Bertz CT molecular complexity index is 269. The Kier molecular flexibility index (Phi) is 6.13. The van der Waals surface area contributed by atoms with Crippen molar-refractivity contribution in [2.75, 3.05) is 25.2 Å². The van der Waals surface area contributed by atoms with Crippen LogP contribution in [-0.2, 0) is 9.53 Å². The van der Waals surface area contributed by atoms with Gasteiger partial charge in [0.2, 0.25) is 0 Å². The van der Waals surface area contributed by atoms with Crippen LogP contribution in [0.4, 0.5) is 4.79 Å². The van der Waals surface area contributed by atoms with Crippen LogP contribution >= 0.6 is 11.8 Å². The number of methoxy groups -OCH3 is 1. The highest BCUT2D eigenvalue weighted by Crippen LogP contribution is 2.16. The summed E-state index contributed by atoms with van der Waals surface area (Å²) in [7, 11) is 1.40. The van der Waals surface area contributed by atoms with Gasteiger partial charge < -0.3 is 20.5 Å². The van der Waals surface area contributed by atoms with Crippen molar-refractivity contribution in [3.63, 3.8) is 0 Å². The lowest BCUT2D eigenvalue weighted by atomic mass is 10.1. The number of carboxylic acid groups (broad SMARTS) is 1. The molecule has 0 radical (unpaired) electrons. The van der Waals surface area contributed by atoms with Crippen LogP contribution < -0.4 is 10.6 Å². The number of ether oxygens (including phenoxy) is 1. The molecule has 17 heavy (non-hydrogen) atoms. The van der Waals surface area contributed by atoms with Gasteiger partial charge in [-0.25, -0.2) is 9.59 Å². The molecule has 0 bridgehead atoms. The molecule has 0 spiro atoms. The van der Waals surface area contributed by atoms with Crippen molar-refractivity contribution >= 4 is 23.8 Å². The van der Waals surface area contributed by atoms with Gasteiger partial charge in [0.05, 0.1) is 6.61 Å². The van der Waals surface area contributed by atoms with Crippen LogP contribution in [-0.4, -0.2) is 54.4 Å². The second-order valence-corrected chi connectivity index (χ2v) is 5.08. The van der Waals surface area contributed by atoms with Crippen LogP contribution in [0, 0.1) is 0 Å². The number of rotatable bonds is 5. The van der Waals surface area contributed by atoms with Crippen molar-refractivity contribution in [2.45, 2.75) is 24.9 Å². The van der Waals surface area contributed by atoms with Crippen molar-refractivity contribution < 1.29 is 19.4 Å². The predicted molar refractivity (Wildman–Crippen MR) is 65.3 cm³/mol. The number of carboxylic acids is 1. The molecule has 1 rings (SSSR count). The van der Waals surface area contributed by atoms with E-state index in [0.717, 1.165) is 24.3 Å². The van der Waals surface area contributed by atoms with E-state index >= 15 is 0 Å². The number of hydrogen-bond donors (Lipinski definition) is 3. The second-order valence-electron chi connectivity index (χ2n) is 3.85. The fraction of sp³-hybridized carbons (Fsp3) is 0.800. The first-order chi connectivity index (χ1) is 8.13. The van der Waals surface area contributed by atoms with Crippen molar-refractivity contribution in [2.24, 2.45) is 0 Å². The summed E-state index contributed by atoms with van der Waals surface area (Å²) in [6.07, 6.45) is 1.86. The number of hydrogen-bond acceptors (Lipinski definition) is 4. The van der Waals surface area contributed by atoms with Gasteiger partial charge in [0.25, 0.3) is 0 Å². The number of amides is 2. The number of carbonyl (C=O) groups excluding carboxylic acids is 1. The maximum absolute atomic E-state index is 11.6. The Hall–Kier alpha value is -0.950. The highest BCUT2D eigenvalue weighted by atomic mass is 32.2. The molecule has 3 N–H and O–H groups in total. The Labute approximate surface area is 104 Å². The monoisotopic (exact) mass is 262 g/mol. The van der Waals surface area contributed by atoms with Gasteiger partial charge in [0.1, 0.15) is 0 Å². The predicted octanol–water partition coefficient (Wildman–Crippen LogP) is 0.281. The van der Waals surface area contributed by atoms with Gasteiger partial charge >= 0.3 is 12.0 Å². The van der Waals surface area contributed by atoms with Crippen LogP contribution in [0.1, 0.15) is 12.8 Å². The summed E-state index contributed by atoms with van der Waals surface area (Å²) in [6, 6.07) is -1.29. The molecule has 1 fully saturated rings. The van der Waals surface area contributed by atoms with Crippen molar-refractivity contribution in [1.82, 2.24) is 10.6 Å². The third-order valence-electron chi connectivity index (χ3n) is 2.49. The smallest absolute Gasteiger partial charge is 0.328 e. The Morgan fingerprint density at radius 3 is 2.65 bits per heavy atom. The van der Waals surface area contributed by atoms with Crippen LogP contribution in [0.25, 0.3) is 0 Å². The van der Waals surface area contributed by atoms with Crippen molar-refractivity contribution in [3.8, 4) is 0 Å². The maximum Gasteiger partial charge on any atom is 0.328 e. The number of aliphatic carboxylic acids is 1. The van der Waals surface area contributed by atoms with Crippen molar-refractivity contribution in [3.05, 3.63) is 0 Å². The summed E-state index contributed by atoms with van der Waals surface area (Å²) in [5, 5.41) is 14.0. The molecule has 1 saturated heterocycles. The Balaban J connectivity index is 2.33. The molecule has 7 heteroatoms. The maximum atomic E-state index is 11.6. The summed E-state index contributed by atoms with van der Waals surface area (Å²) < 4.78 is 4.73. The van der Waals surface area contributed by atoms with E-state index in [2.05, 4.69) is 10.6 Å². The minimum atomic E-state index is -1.10. The highest BCUT2D eigenvalue weighted by Gasteiger charge is 2.22. The zero-order chi connectivity index (χ0) is 12.7. The van der Waals surface area contributed by atoms with Gasteiger partial charge in [0, 0.05) is 13.2 Å². The van der Waals surface area contributed by atoms with Crippen LogP contribution in [0.2, 0.25) is 0 Å². The lowest BCUT2D eigenvalue weighted by molar-refractivity contribution is -0.140. The minimum absolute atomic E-state index is 0.0384. The molecule has 1 heterocycles. The molecule has 98 valence electrons. The first kappa shape index (κ1) is 14.1. The molecule has 1 aliphatic rings. The third-order valence-corrected chi connectivity index (χ3v) is 3.54. The number of urea groups is 1. The molecule has 6 nitrogen and oxygen atoms in total. The first-order valence-corrected chi connectivity index (χ1v) is 6.65. The second kappa shape index (κ2) is 7.39. The van der Waals surface area contributed by atoms with Gasteiger partial charge in [-0.2, -0.15) is 11.8 Å². The number of thioether (sulfide) groups is 1. The van der Waals surface area contributed by atoms with Crippen LogP contribution in [0.3, 0.4) is 0 Å². The minimum Gasteiger partial charge on any atom is -0.480 e. The summed E-state index contributed by atoms with van der Waals surface area (Å²) in [4.78, 5) is 22.3. The molecule has 1 atom stereocenters. The van der Waals surface area contributed by atoms with Gasteiger partial charge in [-0.15, -0.1) is 0 Å². The average Bonchev–Trinajstić information content (AvgIpc) is 2.29. The normalized spacial score (nSPS) is 18.4. The number of nitrogens with one attached hydrogen (secondary N) is 2. The molecule has 0 aromatic rings. The first-order valence-electron chi connectivity index (χ1n) is 5.50. The molecular formula is C10H18N2O4S. The Morgan fingerprint density at radius 1 is 1.47 bits per heavy atom. The lowest BCUT2D eigenvalue weighted by Gasteiger charge is -2.23. The summed E-state index contributed by atoms with van der Waals surface area (Å²) in [5.74, 6) is 0.970. The fourth-order valence-corrected chi connectivity index (χ4v) is 2.68. The van der Waals surface area contributed by atoms with Gasteiger partial charge in [-0.1, -0.05) is 0 Å². The van der Waals surface area contributed by atoms with E-state index in [9.17, 15) is 9.59 Å². The van der Waals surface area contributed by atoms with E-state index in [-0.39, 0.29) is 12.6 Å². The molecule has 1 aliphatic heterocycles. The largest absolute Gasteiger partial charge is 0.480 e. The fourth-order valence-electron chi connectivity index (χ4n) is 1.57. The van der Waals surface area contributed by atoms with Gasteiger partial charge in [-0.05, 0) is 24.3 Å². The molecule has 0 aliphatic carbocycles. The summed E-state index contributed by atoms with van der Waals surface area (Å²) >= 11 is 1.87. The third kappa shape index (κ3) is 5.27. The van der Waals surface area contributed by atoms with Gasteiger partial charge in [-0.3, -0.25) is 0 Å².